The summed E-state index contributed by atoms with van der Waals surface area (Å²) in [5.41, 5.74) is 5.89. The van der Waals surface area contributed by atoms with Gasteiger partial charge in [-0.15, -0.1) is 0 Å². The second-order valence-corrected chi connectivity index (χ2v) is 16.6. The monoisotopic (exact) mass is 855 g/mol. The summed E-state index contributed by atoms with van der Waals surface area (Å²) in [5, 5.41) is 4.53. The smallest absolute Gasteiger partial charge is 0.329 e. The highest BCUT2D eigenvalue weighted by Gasteiger charge is 2.27. The molecule has 336 valence electrons. The second kappa shape index (κ2) is 23.1. The van der Waals surface area contributed by atoms with Gasteiger partial charge < -0.3 is 43.3 Å². The molecule has 0 spiro atoms. The summed E-state index contributed by atoms with van der Waals surface area (Å²) in [7, 11) is 3.38. The van der Waals surface area contributed by atoms with Crippen molar-refractivity contribution in [3.05, 3.63) is 70.5 Å². The number of aryl methyl sites for hydroxylation is 2. The molecule has 1 unspecified atom stereocenters. The summed E-state index contributed by atoms with van der Waals surface area (Å²) in [6.45, 7) is 9.56. The molecule has 1 aliphatic heterocycles. The molecule has 0 radical (unpaired) electrons. The van der Waals surface area contributed by atoms with Crippen molar-refractivity contribution < 1.29 is 28.5 Å². The summed E-state index contributed by atoms with van der Waals surface area (Å²) in [6, 6.07) is 9.83. The number of piperidine rings is 1. The number of hydrogen-bond acceptors (Lipinski definition) is 12. The van der Waals surface area contributed by atoms with Crippen LogP contribution in [0.1, 0.15) is 100 Å². The Balaban J connectivity index is 0.737. The number of carbonyl (C=O) groups excluding carboxylic acids is 1. The van der Waals surface area contributed by atoms with Crippen molar-refractivity contribution in [1.29, 1.82) is 0 Å². The van der Waals surface area contributed by atoms with Gasteiger partial charge in [-0.1, -0.05) is 38.7 Å². The minimum atomic E-state index is -0.435. The number of aromatic nitrogens is 6. The van der Waals surface area contributed by atoms with Crippen LogP contribution in [0, 0.1) is 0 Å². The molecule has 1 saturated heterocycles. The van der Waals surface area contributed by atoms with Gasteiger partial charge in [0.05, 0.1) is 70.4 Å². The molecular weight excluding hydrogens is 789 g/mol. The van der Waals surface area contributed by atoms with E-state index in [0.717, 1.165) is 86.0 Å². The molecule has 1 aromatic carbocycles. The van der Waals surface area contributed by atoms with Crippen molar-refractivity contribution in [2.45, 2.75) is 95.6 Å². The highest BCUT2D eigenvalue weighted by atomic mass is 16.6. The van der Waals surface area contributed by atoms with Crippen LogP contribution in [0.3, 0.4) is 0 Å². The quantitative estimate of drug-likeness (QED) is 0.0469. The van der Waals surface area contributed by atoms with E-state index < -0.39 is 6.04 Å². The lowest BCUT2D eigenvalue weighted by molar-refractivity contribution is -0.110. The number of likely N-dealkylation sites (tertiary alicyclic amines) is 1. The molecule has 1 atom stereocenters. The number of hydrogen-bond donors (Lipinski definition) is 1. The molecule has 62 heavy (non-hydrogen) atoms. The number of ether oxygens (including phenoxy) is 5. The van der Waals surface area contributed by atoms with Crippen LogP contribution in [-0.2, 0) is 37.2 Å². The number of nitrogens with one attached hydrogen (secondary N) is 1. The first-order valence-corrected chi connectivity index (χ1v) is 22.8. The fourth-order valence-corrected chi connectivity index (χ4v) is 9.05. The van der Waals surface area contributed by atoms with Crippen LogP contribution in [0.5, 0.6) is 5.88 Å². The van der Waals surface area contributed by atoms with Gasteiger partial charge in [-0.3, -0.25) is 9.13 Å². The summed E-state index contributed by atoms with van der Waals surface area (Å²) in [4.78, 5) is 41.1. The molecule has 0 bridgehead atoms. The first kappa shape index (κ1) is 45.4. The number of carbonyl (C=O) groups is 1. The van der Waals surface area contributed by atoms with E-state index in [-0.39, 0.29) is 5.69 Å². The summed E-state index contributed by atoms with van der Waals surface area (Å²) >= 11 is 0. The van der Waals surface area contributed by atoms with Crippen LogP contribution in [0.4, 0.5) is 11.6 Å². The molecule has 0 amide bonds. The van der Waals surface area contributed by atoms with Crippen LogP contribution in [0.2, 0.25) is 0 Å². The predicted molar refractivity (Wildman–Crippen MR) is 241 cm³/mol. The van der Waals surface area contributed by atoms with Crippen molar-refractivity contribution in [3.8, 4) is 5.88 Å². The number of aldehydes is 1. The van der Waals surface area contributed by atoms with Crippen LogP contribution in [0.25, 0.3) is 22.1 Å². The maximum atomic E-state index is 12.9. The van der Waals surface area contributed by atoms with E-state index in [2.05, 4.69) is 26.0 Å². The number of anilines is 2. The lowest BCUT2D eigenvalue weighted by atomic mass is 9.90. The molecule has 1 N–H and O–H groups in total. The first-order valence-electron chi connectivity index (χ1n) is 22.8. The molecule has 15 heteroatoms. The number of methoxy groups -OCH3 is 1. The Labute approximate surface area is 365 Å². The van der Waals surface area contributed by atoms with Gasteiger partial charge in [-0.25, -0.2) is 14.8 Å². The number of imidazole rings is 1. The largest absolute Gasteiger partial charge is 0.481 e. The maximum absolute atomic E-state index is 12.9. The van der Waals surface area contributed by atoms with Crippen LogP contribution >= 0.6 is 0 Å². The topological polar surface area (TPSA) is 149 Å². The average Bonchev–Trinajstić information content (AvgIpc) is 3.80. The van der Waals surface area contributed by atoms with Crippen LogP contribution in [-0.4, -0.2) is 119 Å². The molecule has 1 saturated carbocycles. The summed E-state index contributed by atoms with van der Waals surface area (Å²) < 4.78 is 34.1. The standard InChI is InChI=1S/C47H66N8O7/c1-4-9-39(34-56)55-42-14-13-35(30-43(42)52(2)47(55)57)10-8-22-59-24-26-61-28-29-62-27-25-60-23-21-53-19-16-36(17-20-53)41-33-54(38-11-6-5-7-12-38)45-40(41)32-49-46(51-45)50-37-15-18-48-44(31-37)58-3/h13-15,18,30-34,36,38-39H,4-12,16-17,19-29H2,1-3H3,(H,48,49,50,51). The Morgan fingerprint density at radius 3 is 2.31 bits per heavy atom. The first-order chi connectivity index (χ1) is 30.5. The Hall–Kier alpha value is -4.67. The van der Waals surface area contributed by atoms with E-state index in [1.165, 1.54) is 43.1 Å². The van der Waals surface area contributed by atoms with Crippen LogP contribution in [0.15, 0.2) is 53.7 Å². The molecule has 5 aromatic rings. The Morgan fingerprint density at radius 1 is 0.871 bits per heavy atom. The zero-order valence-electron chi connectivity index (χ0n) is 37.0. The van der Waals surface area contributed by atoms with Crippen molar-refractivity contribution in [1.82, 2.24) is 33.6 Å². The molecule has 7 rings (SSSR count). The van der Waals surface area contributed by atoms with E-state index in [4.69, 9.17) is 33.7 Å². The van der Waals surface area contributed by atoms with Gasteiger partial charge >= 0.3 is 5.69 Å². The lowest BCUT2D eigenvalue weighted by Gasteiger charge is -2.31. The van der Waals surface area contributed by atoms with Gasteiger partial charge in [-0.05, 0) is 93.3 Å². The number of rotatable bonds is 25. The van der Waals surface area contributed by atoms with Gasteiger partial charge in [-0.2, -0.15) is 4.98 Å². The van der Waals surface area contributed by atoms with Crippen LogP contribution < -0.4 is 15.7 Å². The van der Waals surface area contributed by atoms with Gasteiger partial charge in [0.1, 0.15) is 11.9 Å². The molecule has 2 fully saturated rings. The summed E-state index contributed by atoms with van der Waals surface area (Å²) in [6.07, 6.45) is 18.6. The third-order valence-corrected chi connectivity index (χ3v) is 12.4. The zero-order valence-corrected chi connectivity index (χ0v) is 37.0. The van der Waals surface area contributed by atoms with E-state index >= 15 is 0 Å². The lowest BCUT2D eigenvalue weighted by Crippen LogP contribution is -2.35. The van der Waals surface area contributed by atoms with E-state index in [9.17, 15) is 9.59 Å². The number of fused-ring (bicyclic) bond motifs is 2. The van der Waals surface area contributed by atoms with E-state index in [1.54, 1.807) is 29.5 Å². The molecule has 4 aromatic heterocycles. The fraction of sp³-hybridized carbons (Fsp3) is 0.596. The van der Waals surface area contributed by atoms with Gasteiger partial charge in [0.15, 0.2) is 0 Å². The predicted octanol–water partition coefficient (Wildman–Crippen LogP) is 7.16. The number of pyridine rings is 1. The number of benzene rings is 1. The van der Waals surface area contributed by atoms with Crippen molar-refractivity contribution >= 4 is 40.0 Å². The van der Waals surface area contributed by atoms with Crippen molar-refractivity contribution in [2.24, 2.45) is 7.05 Å². The Morgan fingerprint density at radius 2 is 1.60 bits per heavy atom. The third kappa shape index (κ3) is 11.7. The second-order valence-electron chi connectivity index (χ2n) is 16.6. The zero-order chi connectivity index (χ0) is 43.1. The van der Waals surface area contributed by atoms with Crippen molar-refractivity contribution in [3.63, 3.8) is 0 Å². The van der Waals surface area contributed by atoms with Gasteiger partial charge in [0.25, 0.3) is 0 Å². The minimum absolute atomic E-state index is 0.153. The Bertz CT molecular complexity index is 2220. The highest BCUT2D eigenvalue weighted by Crippen LogP contribution is 2.38. The fourth-order valence-electron chi connectivity index (χ4n) is 9.05. The van der Waals surface area contributed by atoms with E-state index in [0.29, 0.717) is 83.1 Å². The van der Waals surface area contributed by atoms with E-state index in [1.807, 2.05) is 43.5 Å². The molecule has 15 nitrogen and oxygen atoms in total. The molecule has 2 aliphatic rings. The number of nitrogens with zero attached hydrogens (tertiary/aromatic N) is 7. The highest BCUT2D eigenvalue weighted by molar-refractivity contribution is 5.82. The average molecular weight is 855 g/mol. The van der Waals surface area contributed by atoms with Gasteiger partial charge in [0, 0.05) is 62.0 Å². The SMILES string of the molecule is CCCC(C=O)n1c(=O)n(C)c2cc(CCCOCCOCCOCCOCCN3CCC(c4cn(C5CCCCC5)c5nc(Nc6ccnc(OC)c6)ncc45)CC3)ccc21. The molecule has 1 aliphatic carbocycles. The molecular formula is C47H66N8O7. The van der Waals surface area contributed by atoms with Crippen molar-refractivity contribution in [2.75, 3.05) is 84.9 Å². The summed E-state index contributed by atoms with van der Waals surface area (Å²) in [5.74, 6) is 1.61. The third-order valence-electron chi connectivity index (χ3n) is 12.4. The normalized spacial score (nSPS) is 16.0. The molecule has 5 heterocycles. The minimum Gasteiger partial charge on any atom is -0.481 e. The van der Waals surface area contributed by atoms with Gasteiger partial charge in [0.2, 0.25) is 11.8 Å². The Kier molecular flexibility index (Phi) is 16.9. The maximum Gasteiger partial charge on any atom is 0.329 e.